The van der Waals surface area contributed by atoms with Gasteiger partial charge in [-0.3, -0.25) is 0 Å². The summed E-state index contributed by atoms with van der Waals surface area (Å²) in [6.07, 6.45) is 1.16. The van der Waals surface area contributed by atoms with E-state index < -0.39 is 0 Å². The molecule has 0 saturated heterocycles. The van der Waals surface area contributed by atoms with Gasteiger partial charge in [0.25, 0.3) is 0 Å². The molecule has 1 nitrogen and oxygen atoms in total. The van der Waals surface area contributed by atoms with Crippen LogP contribution in [0, 0.1) is 0 Å². The zero-order valence-electron chi connectivity index (χ0n) is 17.0. The average Bonchev–Trinajstić information content (AvgIpc) is 2.74. The highest BCUT2D eigenvalue weighted by molar-refractivity contribution is 5.75. The lowest BCUT2D eigenvalue weighted by molar-refractivity contribution is 0.287. The van der Waals surface area contributed by atoms with Crippen LogP contribution in [0.2, 0.25) is 0 Å². The molecular formula is C27H29N. The average molecular weight is 368 g/mol. The van der Waals surface area contributed by atoms with Gasteiger partial charge in [-0.15, -0.1) is 0 Å². The standard InChI is InChI=1S/C27H29N/c1-4-19-22-13-8-6-12-21(22)18(3)28-27(19)26-17(2)20-11-5-7-14-23(20)24-15-9-10-16-25(24)26/h5-19,26-28H,4H2,1-3H3. The van der Waals surface area contributed by atoms with Gasteiger partial charge in [0.15, 0.2) is 0 Å². The highest BCUT2D eigenvalue weighted by atomic mass is 15.0. The Morgan fingerprint density at radius 2 is 1.21 bits per heavy atom. The molecule has 0 bridgehead atoms. The van der Waals surface area contributed by atoms with Crippen molar-refractivity contribution in [1.29, 1.82) is 0 Å². The molecule has 0 radical (unpaired) electrons. The van der Waals surface area contributed by atoms with Crippen molar-refractivity contribution in [2.75, 3.05) is 0 Å². The molecule has 0 fully saturated rings. The maximum Gasteiger partial charge on any atom is 0.0297 e. The zero-order valence-corrected chi connectivity index (χ0v) is 17.0. The van der Waals surface area contributed by atoms with Crippen molar-refractivity contribution < 1.29 is 0 Å². The minimum absolute atomic E-state index is 0.389. The van der Waals surface area contributed by atoms with Gasteiger partial charge in [0.1, 0.15) is 0 Å². The lowest BCUT2D eigenvalue weighted by Gasteiger charge is -2.46. The Morgan fingerprint density at radius 3 is 1.89 bits per heavy atom. The highest BCUT2D eigenvalue weighted by Crippen LogP contribution is 2.52. The molecule has 1 heteroatoms. The van der Waals surface area contributed by atoms with Crippen molar-refractivity contribution in [2.45, 2.75) is 57.0 Å². The summed E-state index contributed by atoms with van der Waals surface area (Å²) >= 11 is 0. The van der Waals surface area contributed by atoms with Crippen LogP contribution in [0.4, 0.5) is 0 Å². The summed E-state index contributed by atoms with van der Waals surface area (Å²) in [4.78, 5) is 0. The Balaban J connectivity index is 1.67. The number of fused-ring (bicyclic) bond motifs is 4. The van der Waals surface area contributed by atoms with E-state index in [2.05, 4.69) is 98.9 Å². The van der Waals surface area contributed by atoms with Crippen molar-refractivity contribution in [2.24, 2.45) is 0 Å². The fourth-order valence-electron chi connectivity index (χ4n) is 5.90. The predicted octanol–water partition coefficient (Wildman–Crippen LogP) is 6.78. The van der Waals surface area contributed by atoms with Crippen LogP contribution in [0.15, 0.2) is 72.8 Å². The van der Waals surface area contributed by atoms with E-state index in [4.69, 9.17) is 0 Å². The van der Waals surface area contributed by atoms with Crippen LogP contribution in [0.3, 0.4) is 0 Å². The van der Waals surface area contributed by atoms with E-state index in [-0.39, 0.29) is 0 Å². The normalized spacial score (nSPS) is 28.2. The van der Waals surface area contributed by atoms with E-state index in [1.54, 1.807) is 5.56 Å². The Bertz CT molecular complexity index is 1000. The maximum atomic E-state index is 4.05. The molecule has 0 spiro atoms. The molecule has 142 valence electrons. The van der Waals surface area contributed by atoms with Crippen LogP contribution in [0.5, 0.6) is 0 Å². The molecule has 5 atom stereocenters. The molecule has 1 heterocycles. The van der Waals surface area contributed by atoms with Crippen molar-refractivity contribution in [1.82, 2.24) is 5.32 Å². The van der Waals surface area contributed by atoms with E-state index in [1.165, 1.54) is 27.8 Å². The van der Waals surface area contributed by atoms with Crippen molar-refractivity contribution in [3.8, 4) is 11.1 Å². The summed E-state index contributed by atoms with van der Waals surface area (Å²) in [6.45, 7) is 7.10. The molecule has 1 N–H and O–H groups in total. The Morgan fingerprint density at radius 1 is 0.679 bits per heavy atom. The smallest absolute Gasteiger partial charge is 0.0297 e. The Labute approximate surface area is 168 Å². The molecule has 1 aliphatic carbocycles. The zero-order chi connectivity index (χ0) is 19.3. The molecule has 3 aromatic rings. The Hall–Kier alpha value is -2.38. The van der Waals surface area contributed by atoms with Crippen molar-refractivity contribution in [3.05, 3.63) is 95.1 Å². The Kier molecular flexibility index (Phi) is 4.36. The number of nitrogens with one attached hydrogen (secondary N) is 1. The third-order valence-electron chi connectivity index (χ3n) is 7.16. The number of hydrogen-bond acceptors (Lipinski definition) is 1. The lowest BCUT2D eigenvalue weighted by atomic mass is 9.64. The first kappa shape index (κ1) is 17.7. The van der Waals surface area contributed by atoms with Crippen molar-refractivity contribution >= 4 is 0 Å². The number of hydrogen-bond donors (Lipinski definition) is 1. The van der Waals surface area contributed by atoms with E-state index in [0.717, 1.165) is 6.42 Å². The molecule has 0 amide bonds. The summed E-state index contributed by atoms with van der Waals surface area (Å²) in [6, 6.07) is 28.0. The van der Waals surface area contributed by atoms with Crippen LogP contribution >= 0.6 is 0 Å². The second-order valence-electron chi connectivity index (χ2n) is 8.55. The lowest BCUT2D eigenvalue weighted by Crippen LogP contribution is -2.47. The van der Waals surface area contributed by atoms with Crippen LogP contribution in [0.1, 0.15) is 73.2 Å². The van der Waals surface area contributed by atoms with E-state index in [1.807, 2.05) is 0 Å². The maximum absolute atomic E-state index is 4.05. The van der Waals surface area contributed by atoms with E-state index >= 15 is 0 Å². The van der Waals surface area contributed by atoms with Gasteiger partial charge in [-0.1, -0.05) is 86.6 Å². The van der Waals surface area contributed by atoms with E-state index in [0.29, 0.717) is 29.8 Å². The number of rotatable bonds is 2. The molecule has 5 unspecified atom stereocenters. The SMILES string of the molecule is CCC1c2ccccc2C(C)NC1C1c2ccccc2-c2ccccc2C1C. The minimum atomic E-state index is 0.389. The first-order chi connectivity index (χ1) is 13.7. The molecule has 0 saturated carbocycles. The third-order valence-corrected chi connectivity index (χ3v) is 7.16. The van der Waals surface area contributed by atoms with E-state index in [9.17, 15) is 0 Å². The molecular weight excluding hydrogens is 338 g/mol. The van der Waals surface area contributed by atoms with Gasteiger partial charge in [0, 0.05) is 18.0 Å². The van der Waals surface area contributed by atoms with Gasteiger partial charge in [0.2, 0.25) is 0 Å². The van der Waals surface area contributed by atoms with Gasteiger partial charge in [-0.2, -0.15) is 0 Å². The first-order valence-corrected chi connectivity index (χ1v) is 10.7. The van der Waals surface area contributed by atoms with Gasteiger partial charge in [-0.05, 0) is 58.6 Å². The molecule has 28 heavy (non-hydrogen) atoms. The summed E-state index contributed by atoms with van der Waals surface area (Å²) in [5.41, 5.74) is 8.86. The molecule has 3 aromatic carbocycles. The number of benzene rings is 3. The van der Waals surface area contributed by atoms with Gasteiger partial charge in [-0.25, -0.2) is 0 Å². The predicted molar refractivity (Wildman–Crippen MR) is 118 cm³/mol. The molecule has 5 rings (SSSR count). The summed E-state index contributed by atoms with van der Waals surface area (Å²) in [5.74, 6) is 1.51. The molecule has 0 aromatic heterocycles. The van der Waals surface area contributed by atoms with Gasteiger partial charge < -0.3 is 5.32 Å². The third kappa shape index (κ3) is 2.57. The monoisotopic (exact) mass is 367 g/mol. The first-order valence-electron chi connectivity index (χ1n) is 10.7. The van der Waals surface area contributed by atoms with Crippen LogP contribution in [-0.2, 0) is 0 Å². The van der Waals surface area contributed by atoms with Gasteiger partial charge in [0.05, 0.1) is 0 Å². The van der Waals surface area contributed by atoms with Gasteiger partial charge >= 0.3 is 0 Å². The topological polar surface area (TPSA) is 12.0 Å². The second kappa shape index (κ2) is 6.90. The highest BCUT2D eigenvalue weighted by Gasteiger charge is 2.42. The summed E-state index contributed by atoms with van der Waals surface area (Å²) in [5, 5.41) is 4.05. The molecule has 2 aliphatic rings. The van der Waals surface area contributed by atoms with Crippen molar-refractivity contribution in [3.63, 3.8) is 0 Å². The largest absolute Gasteiger partial charge is 0.306 e. The quantitative estimate of drug-likeness (QED) is 0.526. The summed E-state index contributed by atoms with van der Waals surface area (Å²) < 4.78 is 0. The van der Waals surface area contributed by atoms with Crippen LogP contribution in [-0.4, -0.2) is 6.04 Å². The minimum Gasteiger partial charge on any atom is -0.306 e. The summed E-state index contributed by atoms with van der Waals surface area (Å²) in [7, 11) is 0. The second-order valence-corrected chi connectivity index (χ2v) is 8.55. The fraction of sp³-hybridized carbons (Fsp3) is 0.333. The fourth-order valence-corrected chi connectivity index (χ4v) is 5.90. The van der Waals surface area contributed by atoms with Crippen LogP contribution < -0.4 is 5.32 Å². The van der Waals surface area contributed by atoms with Crippen LogP contribution in [0.25, 0.3) is 11.1 Å². The molecule has 1 aliphatic heterocycles.